The second kappa shape index (κ2) is 7.51. The Morgan fingerprint density at radius 1 is 0.656 bits per heavy atom. The number of carbonyl (C=O) groups excluding carboxylic acids is 2. The molecule has 4 N–H and O–H groups in total. The molecule has 5 aromatic rings. The minimum atomic E-state index is -0.191. The zero-order valence-electron chi connectivity index (χ0n) is 17.3. The number of anilines is 2. The highest BCUT2D eigenvalue weighted by Crippen LogP contribution is 2.35. The summed E-state index contributed by atoms with van der Waals surface area (Å²) in [5.41, 5.74) is 16.0. The molecular weight excluding hydrogens is 440 g/mol. The molecule has 0 amide bonds. The third kappa shape index (κ3) is 3.24. The maximum Gasteiger partial charge on any atom is 0.205 e. The lowest BCUT2D eigenvalue weighted by molar-refractivity contribution is 0.103. The summed E-state index contributed by atoms with van der Waals surface area (Å²) in [5.74, 6) is -0.383. The van der Waals surface area contributed by atoms with Crippen LogP contribution < -0.4 is 11.5 Å². The number of thiophene rings is 2. The van der Waals surface area contributed by atoms with Gasteiger partial charge in [-0.1, -0.05) is 24.3 Å². The van der Waals surface area contributed by atoms with Gasteiger partial charge in [-0.25, -0.2) is 9.97 Å². The van der Waals surface area contributed by atoms with E-state index in [0.717, 1.165) is 31.8 Å². The molecule has 6 nitrogen and oxygen atoms in total. The van der Waals surface area contributed by atoms with Crippen molar-refractivity contribution in [1.29, 1.82) is 0 Å². The van der Waals surface area contributed by atoms with E-state index in [-0.39, 0.29) is 11.6 Å². The predicted molar refractivity (Wildman–Crippen MR) is 131 cm³/mol. The fraction of sp³-hybridized carbons (Fsp3) is 0.0833. The van der Waals surface area contributed by atoms with Crippen LogP contribution in [0.3, 0.4) is 0 Å². The zero-order valence-corrected chi connectivity index (χ0v) is 18.9. The van der Waals surface area contributed by atoms with Crippen molar-refractivity contribution in [2.45, 2.75) is 13.8 Å². The van der Waals surface area contributed by atoms with Crippen LogP contribution >= 0.6 is 22.7 Å². The Morgan fingerprint density at radius 2 is 1.03 bits per heavy atom. The molecule has 0 saturated heterocycles. The Kier molecular flexibility index (Phi) is 4.76. The van der Waals surface area contributed by atoms with Crippen LogP contribution in [0.15, 0.2) is 48.5 Å². The van der Waals surface area contributed by atoms with Crippen molar-refractivity contribution in [2.75, 3.05) is 11.5 Å². The lowest BCUT2D eigenvalue weighted by Crippen LogP contribution is -2.05. The first-order valence-corrected chi connectivity index (χ1v) is 11.5. The number of benzene rings is 1. The molecule has 0 fully saturated rings. The molecule has 158 valence electrons. The standard InChI is InChI=1S/C24H18N4O2S2/c1-11-3-9-15-17(25)21(31-23(15)27-11)19(29)13-5-7-14(8-6-13)20(30)22-18(26)16-10-4-12(2)28-24(16)32-22/h3-10H,25-26H2,1-2H3. The summed E-state index contributed by atoms with van der Waals surface area (Å²) in [6.07, 6.45) is 0. The summed E-state index contributed by atoms with van der Waals surface area (Å²) >= 11 is 2.56. The first kappa shape index (κ1) is 20.3. The molecule has 0 aliphatic rings. The number of rotatable bonds is 4. The highest BCUT2D eigenvalue weighted by atomic mass is 32.1. The summed E-state index contributed by atoms with van der Waals surface area (Å²) < 4.78 is 0. The Morgan fingerprint density at radius 3 is 1.41 bits per heavy atom. The summed E-state index contributed by atoms with van der Waals surface area (Å²) in [6.45, 7) is 3.79. The number of hydrogen-bond donors (Lipinski definition) is 2. The molecule has 0 saturated carbocycles. The van der Waals surface area contributed by atoms with E-state index in [1.165, 1.54) is 22.7 Å². The number of nitrogen functional groups attached to an aromatic ring is 2. The monoisotopic (exact) mass is 458 g/mol. The summed E-state index contributed by atoms with van der Waals surface area (Å²) in [7, 11) is 0. The topological polar surface area (TPSA) is 112 Å². The van der Waals surface area contributed by atoms with Crippen molar-refractivity contribution >= 4 is 66.0 Å². The van der Waals surface area contributed by atoms with Crippen LogP contribution in [-0.4, -0.2) is 21.5 Å². The Bertz CT molecular complexity index is 1430. The maximum atomic E-state index is 13.1. The highest BCUT2D eigenvalue weighted by Gasteiger charge is 2.21. The summed E-state index contributed by atoms with van der Waals surface area (Å²) in [5, 5.41) is 1.56. The van der Waals surface area contributed by atoms with E-state index in [2.05, 4.69) is 9.97 Å². The average Bonchev–Trinajstić information content (AvgIpc) is 3.29. The summed E-state index contributed by atoms with van der Waals surface area (Å²) in [4.78, 5) is 37.4. The molecule has 32 heavy (non-hydrogen) atoms. The largest absolute Gasteiger partial charge is 0.397 e. The van der Waals surface area contributed by atoms with Gasteiger partial charge >= 0.3 is 0 Å². The van der Waals surface area contributed by atoms with Crippen molar-refractivity contribution in [3.8, 4) is 0 Å². The average molecular weight is 459 g/mol. The molecule has 5 rings (SSSR count). The van der Waals surface area contributed by atoms with Crippen LogP contribution in [0.2, 0.25) is 0 Å². The van der Waals surface area contributed by atoms with Crippen LogP contribution in [0.5, 0.6) is 0 Å². The number of fused-ring (bicyclic) bond motifs is 2. The third-order valence-electron chi connectivity index (χ3n) is 5.29. The van der Waals surface area contributed by atoms with Gasteiger partial charge in [0.25, 0.3) is 0 Å². The number of aromatic nitrogens is 2. The van der Waals surface area contributed by atoms with Gasteiger partial charge < -0.3 is 11.5 Å². The van der Waals surface area contributed by atoms with Crippen LogP contribution in [0, 0.1) is 13.8 Å². The van der Waals surface area contributed by atoms with E-state index in [4.69, 9.17) is 11.5 Å². The third-order valence-corrected chi connectivity index (χ3v) is 7.52. The molecule has 0 bridgehead atoms. The van der Waals surface area contributed by atoms with Crippen molar-refractivity contribution in [2.24, 2.45) is 0 Å². The number of carbonyl (C=O) groups is 2. The molecular formula is C24H18N4O2S2. The maximum absolute atomic E-state index is 13.1. The number of aryl methyl sites for hydroxylation is 2. The Labute approximate surface area is 191 Å². The number of ketones is 2. The van der Waals surface area contributed by atoms with Crippen LogP contribution in [0.4, 0.5) is 11.4 Å². The van der Waals surface area contributed by atoms with E-state index in [1.807, 2.05) is 38.1 Å². The van der Waals surface area contributed by atoms with E-state index in [1.54, 1.807) is 24.3 Å². The highest BCUT2D eigenvalue weighted by molar-refractivity contribution is 7.21. The normalized spacial score (nSPS) is 11.3. The Balaban J connectivity index is 1.47. The van der Waals surface area contributed by atoms with Gasteiger partial charge in [0.2, 0.25) is 11.6 Å². The van der Waals surface area contributed by atoms with Gasteiger partial charge in [-0.3, -0.25) is 9.59 Å². The number of pyridine rings is 2. The zero-order chi connectivity index (χ0) is 22.6. The fourth-order valence-electron chi connectivity index (χ4n) is 3.55. The van der Waals surface area contributed by atoms with Crippen LogP contribution in [0.25, 0.3) is 20.4 Å². The number of nitrogens with two attached hydrogens (primary N) is 2. The van der Waals surface area contributed by atoms with E-state index >= 15 is 0 Å². The van der Waals surface area contributed by atoms with Crippen LogP contribution in [0.1, 0.15) is 41.9 Å². The molecule has 0 aliphatic heterocycles. The van der Waals surface area contributed by atoms with Gasteiger partial charge in [-0.2, -0.15) is 0 Å². The van der Waals surface area contributed by atoms with Gasteiger partial charge in [-0.05, 0) is 38.1 Å². The van der Waals surface area contributed by atoms with Crippen molar-refractivity contribution in [1.82, 2.24) is 9.97 Å². The molecule has 1 aromatic carbocycles. The predicted octanol–water partition coefficient (Wildman–Crippen LogP) is 5.15. The quantitative estimate of drug-likeness (QED) is 0.360. The molecule has 0 aliphatic carbocycles. The summed E-state index contributed by atoms with van der Waals surface area (Å²) in [6, 6.07) is 14.1. The minimum Gasteiger partial charge on any atom is -0.397 e. The van der Waals surface area contributed by atoms with Gasteiger partial charge in [-0.15, -0.1) is 22.7 Å². The fourth-order valence-corrected chi connectivity index (χ4v) is 5.75. The molecule has 0 spiro atoms. The first-order valence-electron chi connectivity index (χ1n) is 9.84. The second-order valence-corrected chi connectivity index (χ2v) is 9.53. The SMILES string of the molecule is Cc1ccc2c(N)c(C(=O)c3ccc(C(=O)c4sc5nc(C)ccc5c4N)cc3)sc2n1. The molecule has 0 unspecified atom stereocenters. The Hall–Kier alpha value is -3.62. The second-order valence-electron chi connectivity index (χ2n) is 7.54. The lowest BCUT2D eigenvalue weighted by atomic mass is 10.0. The van der Waals surface area contributed by atoms with Gasteiger partial charge in [0.05, 0.1) is 11.4 Å². The molecule has 8 heteroatoms. The number of hydrogen-bond acceptors (Lipinski definition) is 8. The van der Waals surface area contributed by atoms with E-state index in [9.17, 15) is 9.59 Å². The smallest absolute Gasteiger partial charge is 0.205 e. The van der Waals surface area contributed by atoms with Crippen molar-refractivity contribution in [3.63, 3.8) is 0 Å². The van der Waals surface area contributed by atoms with Gasteiger partial charge in [0, 0.05) is 33.3 Å². The van der Waals surface area contributed by atoms with Crippen molar-refractivity contribution < 1.29 is 9.59 Å². The van der Waals surface area contributed by atoms with E-state index in [0.29, 0.717) is 32.3 Å². The van der Waals surface area contributed by atoms with E-state index < -0.39 is 0 Å². The minimum absolute atomic E-state index is 0.191. The molecule has 4 heterocycles. The lowest BCUT2D eigenvalue weighted by Gasteiger charge is -2.03. The molecule has 0 atom stereocenters. The van der Waals surface area contributed by atoms with Gasteiger partial charge in [0.1, 0.15) is 19.4 Å². The van der Waals surface area contributed by atoms with Crippen LogP contribution in [-0.2, 0) is 0 Å². The number of nitrogens with zero attached hydrogens (tertiary/aromatic N) is 2. The molecule has 4 aromatic heterocycles. The first-order chi connectivity index (χ1) is 15.3. The molecule has 0 radical (unpaired) electrons. The van der Waals surface area contributed by atoms with Crippen molar-refractivity contribution in [3.05, 3.63) is 80.8 Å². The van der Waals surface area contributed by atoms with Gasteiger partial charge in [0.15, 0.2) is 0 Å².